The lowest BCUT2D eigenvalue weighted by atomic mass is 9.80. The zero-order valence-corrected chi connectivity index (χ0v) is 13.2. The highest BCUT2D eigenvalue weighted by Gasteiger charge is 2.39. The molecule has 1 aromatic rings. The summed E-state index contributed by atoms with van der Waals surface area (Å²) in [6, 6.07) is 9.58. The van der Waals surface area contributed by atoms with E-state index >= 15 is 0 Å². The average molecular weight is 305 g/mol. The zero-order valence-electron chi connectivity index (χ0n) is 13.2. The van der Waals surface area contributed by atoms with Gasteiger partial charge in [0.05, 0.1) is 12.0 Å². The van der Waals surface area contributed by atoms with E-state index in [-0.39, 0.29) is 18.7 Å². The lowest BCUT2D eigenvalue weighted by Crippen LogP contribution is -2.45. The molecule has 1 amide bonds. The second kappa shape index (κ2) is 7.29. The van der Waals surface area contributed by atoms with E-state index in [2.05, 4.69) is 0 Å². The van der Waals surface area contributed by atoms with Crippen molar-refractivity contribution < 1.29 is 19.1 Å². The van der Waals surface area contributed by atoms with Crippen LogP contribution in [-0.2, 0) is 20.9 Å². The molecule has 5 nitrogen and oxygen atoms in total. The van der Waals surface area contributed by atoms with Gasteiger partial charge in [0.25, 0.3) is 0 Å². The summed E-state index contributed by atoms with van der Waals surface area (Å²) in [6.07, 6.45) is 0.883. The number of amides is 1. The number of carbonyl (C=O) groups is 2. The van der Waals surface area contributed by atoms with Gasteiger partial charge in [0, 0.05) is 13.1 Å². The number of nitrogens with zero attached hydrogens (tertiary/aromatic N) is 1. The van der Waals surface area contributed by atoms with E-state index in [1.807, 2.05) is 37.3 Å². The van der Waals surface area contributed by atoms with Gasteiger partial charge in [0.1, 0.15) is 6.61 Å². The Morgan fingerprint density at radius 1 is 1.14 bits per heavy atom. The van der Waals surface area contributed by atoms with Crippen LogP contribution in [0.5, 0.6) is 0 Å². The van der Waals surface area contributed by atoms with Gasteiger partial charge in [-0.1, -0.05) is 30.3 Å². The summed E-state index contributed by atoms with van der Waals surface area (Å²) in [4.78, 5) is 25.7. The van der Waals surface area contributed by atoms with Crippen LogP contribution in [0.1, 0.15) is 32.3 Å². The number of benzene rings is 1. The largest absolute Gasteiger partial charge is 0.466 e. The fourth-order valence-corrected chi connectivity index (χ4v) is 2.50. The van der Waals surface area contributed by atoms with Gasteiger partial charge < -0.3 is 14.4 Å². The van der Waals surface area contributed by atoms with Crippen molar-refractivity contribution in [2.45, 2.75) is 33.3 Å². The molecule has 0 radical (unpaired) electrons. The van der Waals surface area contributed by atoms with Crippen molar-refractivity contribution in [1.82, 2.24) is 4.90 Å². The van der Waals surface area contributed by atoms with Crippen LogP contribution in [0.2, 0.25) is 0 Å². The summed E-state index contributed by atoms with van der Waals surface area (Å²) in [5.74, 6) is -0.174. The first-order chi connectivity index (χ1) is 10.5. The Kier molecular flexibility index (Phi) is 5.41. The van der Waals surface area contributed by atoms with Gasteiger partial charge >= 0.3 is 12.1 Å². The van der Waals surface area contributed by atoms with E-state index in [0.29, 0.717) is 32.5 Å². The first-order valence-corrected chi connectivity index (χ1v) is 7.68. The van der Waals surface area contributed by atoms with Gasteiger partial charge in [0.15, 0.2) is 0 Å². The molecule has 0 unspecified atom stereocenters. The van der Waals surface area contributed by atoms with Crippen LogP contribution >= 0.6 is 0 Å². The van der Waals surface area contributed by atoms with Crippen molar-refractivity contribution in [2.24, 2.45) is 5.41 Å². The molecule has 1 aliphatic heterocycles. The molecule has 22 heavy (non-hydrogen) atoms. The predicted molar refractivity (Wildman–Crippen MR) is 82.2 cm³/mol. The maximum absolute atomic E-state index is 12.1. The van der Waals surface area contributed by atoms with Crippen LogP contribution in [0.4, 0.5) is 4.79 Å². The second-order valence-electron chi connectivity index (χ2n) is 5.81. The predicted octanol–water partition coefficient (Wildman–Crippen LogP) is 2.99. The van der Waals surface area contributed by atoms with Crippen LogP contribution in [-0.4, -0.2) is 36.7 Å². The van der Waals surface area contributed by atoms with E-state index in [1.54, 1.807) is 11.8 Å². The summed E-state index contributed by atoms with van der Waals surface area (Å²) in [5, 5.41) is 0. The van der Waals surface area contributed by atoms with Crippen LogP contribution in [0, 0.1) is 5.41 Å². The third-order valence-electron chi connectivity index (χ3n) is 4.10. The van der Waals surface area contributed by atoms with E-state index in [4.69, 9.17) is 9.47 Å². The van der Waals surface area contributed by atoms with Gasteiger partial charge in [-0.25, -0.2) is 4.79 Å². The Morgan fingerprint density at radius 3 is 2.36 bits per heavy atom. The molecule has 2 rings (SSSR count). The first kappa shape index (κ1) is 16.3. The Hall–Kier alpha value is -2.04. The van der Waals surface area contributed by atoms with Crippen molar-refractivity contribution in [3.05, 3.63) is 35.9 Å². The number of ether oxygens (including phenoxy) is 2. The van der Waals surface area contributed by atoms with Gasteiger partial charge in [-0.3, -0.25) is 4.79 Å². The lowest BCUT2D eigenvalue weighted by Gasteiger charge is -2.36. The maximum Gasteiger partial charge on any atom is 0.410 e. The average Bonchev–Trinajstić information content (AvgIpc) is 2.54. The Morgan fingerprint density at radius 2 is 1.77 bits per heavy atom. The number of carbonyl (C=O) groups excluding carboxylic acids is 2. The minimum atomic E-state index is -0.494. The molecule has 0 saturated carbocycles. The number of esters is 1. The Balaban J connectivity index is 1.81. The molecular formula is C17H23NO4. The van der Waals surface area contributed by atoms with Crippen LogP contribution < -0.4 is 0 Å². The summed E-state index contributed by atoms with van der Waals surface area (Å²) in [7, 11) is 0. The smallest absolute Gasteiger partial charge is 0.410 e. The number of rotatable bonds is 4. The molecule has 1 saturated heterocycles. The van der Waals surface area contributed by atoms with Gasteiger partial charge in [-0.05, 0) is 32.3 Å². The molecule has 0 aromatic heterocycles. The number of piperidine rings is 1. The maximum atomic E-state index is 12.1. The third kappa shape index (κ3) is 4.00. The van der Waals surface area contributed by atoms with Crippen LogP contribution in [0.3, 0.4) is 0 Å². The second-order valence-corrected chi connectivity index (χ2v) is 5.81. The molecule has 1 aromatic carbocycles. The molecular weight excluding hydrogens is 282 g/mol. The van der Waals surface area contributed by atoms with E-state index in [9.17, 15) is 9.59 Å². The van der Waals surface area contributed by atoms with E-state index in [0.717, 1.165) is 5.56 Å². The quantitative estimate of drug-likeness (QED) is 0.802. The molecule has 0 atom stereocenters. The fraction of sp³-hybridized carbons (Fsp3) is 0.529. The minimum absolute atomic E-state index is 0.174. The van der Waals surface area contributed by atoms with Crippen molar-refractivity contribution in [3.63, 3.8) is 0 Å². The van der Waals surface area contributed by atoms with E-state index in [1.165, 1.54) is 0 Å². The summed E-state index contributed by atoms with van der Waals surface area (Å²) in [6.45, 7) is 5.39. The zero-order chi connectivity index (χ0) is 16.0. The first-order valence-electron chi connectivity index (χ1n) is 7.68. The Bertz CT molecular complexity index is 507. The standard InChI is InChI=1S/C17H23NO4/c1-3-21-15(19)17(2)9-11-18(12-10-17)16(20)22-13-14-7-5-4-6-8-14/h4-8H,3,9-13H2,1-2H3. The van der Waals surface area contributed by atoms with Crippen molar-refractivity contribution in [3.8, 4) is 0 Å². The molecule has 5 heteroatoms. The normalized spacial score (nSPS) is 16.9. The van der Waals surface area contributed by atoms with Gasteiger partial charge in [-0.2, -0.15) is 0 Å². The summed E-state index contributed by atoms with van der Waals surface area (Å²) < 4.78 is 10.4. The topological polar surface area (TPSA) is 55.8 Å². The molecule has 0 aliphatic carbocycles. The lowest BCUT2D eigenvalue weighted by molar-refractivity contribution is -0.157. The molecule has 1 aliphatic rings. The molecule has 0 N–H and O–H groups in total. The third-order valence-corrected chi connectivity index (χ3v) is 4.10. The van der Waals surface area contributed by atoms with Crippen molar-refractivity contribution in [2.75, 3.05) is 19.7 Å². The molecule has 1 heterocycles. The van der Waals surface area contributed by atoms with Gasteiger partial charge in [-0.15, -0.1) is 0 Å². The monoisotopic (exact) mass is 305 g/mol. The number of likely N-dealkylation sites (tertiary alicyclic amines) is 1. The molecule has 1 fully saturated rings. The fourth-order valence-electron chi connectivity index (χ4n) is 2.50. The highest BCUT2D eigenvalue weighted by atomic mass is 16.6. The van der Waals surface area contributed by atoms with Crippen molar-refractivity contribution >= 4 is 12.1 Å². The van der Waals surface area contributed by atoms with Crippen molar-refractivity contribution in [1.29, 1.82) is 0 Å². The van der Waals surface area contributed by atoms with Gasteiger partial charge in [0.2, 0.25) is 0 Å². The highest BCUT2D eigenvalue weighted by Crippen LogP contribution is 2.32. The summed E-state index contributed by atoms with van der Waals surface area (Å²) >= 11 is 0. The number of hydrogen-bond acceptors (Lipinski definition) is 4. The van der Waals surface area contributed by atoms with E-state index < -0.39 is 5.41 Å². The SMILES string of the molecule is CCOC(=O)C1(C)CCN(C(=O)OCc2ccccc2)CC1. The molecule has 0 bridgehead atoms. The van der Waals surface area contributed by atoms with Crippen LogP contribution in [0.15, 0.2) is 30.3 Å². The minimum Gasteiger partial charge on any atom is -0.466 e. The molecule has 120 valence electrons. The summed E-state index contributed by atoms with van der Waals surface area (Å²) in [5.41, 5.74) is 0.468. The van der Waals surface area contributed by atoms with Crippen LogP contribution in [0.25, 0.3) is 0 Å². The Labute approximate surface area is 131 Å². The highest BCUT2D eigenvalue weighted by molar-refractivity contribution is 5.77. The number of hydrogen-bond donors (Lipinski definition) is 0. The molecule has 0 spiro atoms.